The van der Waals surface area contributed by atoms with Gasteiger partial charge in [0.05, 0.1) is 6.42 Å². The summed E-state index contributed by atoms with van der Waals surface area (Å²) in [6.07, 6.45) is 0.865. The topological polar surface area (TPSA) is 112 Å². The van der Waals surface area contributed by atoms with E-state index in [1.54, 1.807) is 19.1 Å². The molecule has 0 aliphatic carbocycles. The molecular weight excluding hydrogens is 404 g/mol. The Morgan fingerprint density at radius 2 is 1.87 bits per heavy atom. The van der Waals surface area contributed by atoms with Crippen molar-refractivity contribution in [2.75, 3.05) is 0 Å². The molecule has 0 aliphatic rings. The molecular formula is C22H26N2O5S. The summed E-state index contributed by atoms with van der Waals surface area (Å²) >= 11 is 0. The van der Waals surface area contributed by atoms with E-state index >= 15 is 0 Å². The van der Waals surface area contributed by atoms with Gasteiger partial charge in [-0.05, 0) is 42.2 Å². The van der Waals surface area contributed by atoms with Gasteiger partial charge in [-0.25, -0.2) is 0 Å². The van der Waals surface area contributed by atoms with Gasteiger partial charge < -0.3 is 15.0 Å². The summed E-state index contributed by atoms with van der Waals surface area (Å²) in [5.74, 6) is -0.142. The molecule has 30 heavy (non-hydrogen) atoms. The van der Waals surface area contributed by atoms with Crippen molar-refractivity contribution in [2.24, 2.45) is 5.73 Å². The summed E-state index contributed by atoms with van der Waals surface area (Å²) in [7, 11) is -4.35. The van der Waals surface area contributed by atoms with Crippen molar-refractivity contribution in [2.45, 2.75) is 45.1 Å². The van der Waals surface area contributed by atoms with Gasteiger partial charge in [-0.3, -0.25) is 9.35 Å². The fourth-order valence-corrected chi connectivity index (χ4v) is 4.41. The highest BCUT2D eigenvalue weighted by atomic mass is 32.2. The predicted molar refractivity (Wildman–Crippen MR) is 116 cm³/mol. The second-order valence-electron chi connectivity index (χ2n) is 7.14. The fraction of sp³-hybridized carbons (Fsp3) is 0.318. The summed E-state index contributed by atoms with van der Waals surface area (Å²) in [5, 5.41) is 0.782. The first-order chi connectivity index (χ1) is 14.2. The first kappa shape index (κ1) is 21.9. The largest absolute Gasteiger partial charge is 0.472 e. The van der Waals surface area contributed by atoms with E-state index in [4.69, 9.17) is 10.5 Å². The first-order valence-electron chi connectivity index (χ1n) is 9.83. The molecule has 1 atom stereocenters. The molecule has 0 fully saturated rings. The van der Waals surface area contributed by atoms with Gasteiger partial charge in [0.15, 0.2) is 0 Å². The predicted octanol–water partition coefficient (Wildman–Crippen LogP) is 3.28. The van der Waals surface area contributed by atoms with Crippen LogP contribution in [0.4, 0.5) is 0 Å². The van der Waals surface area contributed by atoms with E-state index < -0.39 is 21.5 Å². The third-order valence-corrected chi connectivity index (χ3v) is 6.15. The molecule has 160 valence electrons. The molecule has 0 spiro atoms. The maximum absolute atomic E-state index is 11.8. The van der Waals surface area contributed by atoms with E-state index in [2.05, 4.69) is 4.57 Å². The number of rotatable bonds is 9. The van der Waals surface area contributed by atoms with Crippen LogP contribution in [0.1, 0.15) is 37.1 Å². The average Bonchev–Trinajstić information content (AvgIpc) is 2.97. The molecule has 3 rings (SSSR count). The van der Waals surface area contributed by atoms with Gasteiger partial charge in [-0.1, -0.05) is 44.2 Å². The Kier molecular flexibility index (Phi) is 6.48. The highest BCUT2D eigenvalue weighted by molar-refractivity contribution is 7.86. The van der Waals surface area contributed by atoms with Crippen molar-refractivity contribution in [1.29, 1.82) is 0 Å². The average molecular weight is 431 g/mol. The molecule has 1 unspecified atom stereocenters. The van der Waals surface area contributed by atoms with Crippen molar-refractivity contribution < 1.29 is 22.5 Å². The van der Waals surface area contributed by atoms with Gasteiger partial charge in [-0.2, -0.15) is 8.42 Å². The summed E-state index contributed by atoms with van der Waals surface area (Å²) in [6, 6.07) is 15.2. The van der Waals surface area contributed by atoms with Crippen LogP contribution in [0.2, 0.25) is 0 Å². The maximum atomic E-state index is 11.8. The lowest BCUT2D eigenvalue weighted by Crippen LogP contribution is -2.26. The number of nitrogens with two attached hydrogens (primary N) is 1. The van der Waals surface area contributed by atoms with Gasteiger partial charge in [0, 0.05) is 23.1 Å². The van der Waals surface area contributed by atoms with Crippen LogP contribution in [0, 0.1) is 0 Å². The molecule has 3 N–H and O–H groups in total. The molecule has 0 aliphatic heterocycles. The van der Waals surface area contributed by atoms with E-state index in [1.807, 2.05) is 43.3 Å². The molecule has 7 nitrogen and oxygen atoms in total. The van der Waals surface area contributed by atoms with Gasteiger partial charge >= 0.3 is 10.1 Å². The Hall–Kier alpha value is -2.84. The van der Waals surface area contributed by atoms with Crippen LogP contribution in [-0.4, -0.2) is 28.9 Å². The molecule has 3 aromatic rings. The lowest BCUT2D eigenvalue weighted by Gasteiger charge is -2.15. The van der Waals surface area contributed by atoms with Crippen LogP contribution in [0.15, 0.2) is 48.5 Å². The molecule has 0 saturated carbocycles. The van der Waals surface area contributed by atoms with Crippen molar-refractivity contribution in [3.63, 3.8) is 0 Å². The van der Waals surface area contributed by atoms with E-state index in [0.717, 1.165) is 27.7 Å². The maximum Gasteiger partial charge on any atom is 0.303 e. The summed E-state index contributed by atoms with van der Waals surface area (Å²) in [4.78, 5) is 11.8. The molecule has 0 bridgehead atoms. The standard InChI is InChI=1S/C22H26N2O5S/c1-3-19-18(13-21(23)25)17-12-16(29-22(4-2)30(26,27)28)10-11-20(17)24(19)14-15-8-6-5-7-9-15/h5-12,22H,3-4,13-14H2,1-2H3,(H2,23,25)(H,26,27,28). The lowest BCUT2D eigenvalue weighted by molar-refractivity contribution is -0.117. The number of hydrogen-bond donors (Lipinski definition) is 2. The molecule has 2 aromatic carbocycles. The Bertz CT molecular complexity index is 1150. The van der Waals surface area contributed by atoms with Gasteiger partial charge in [0.1, 0.15) is 5.75 Å². The Morgan fingerprint density at radius 1 is 1.17 bits per heavy atom. The van der Waals surface area contributed by atoms with Crippen LogP contribution in [-0.2, 0) is 34.3 Å². The van der Waals surface area contributed by atoms with Crippen LogP contribution in [0.25, 0.3) is 10.9 Å². The zero-order valence-electron chi connectivity index (χ0n) is 17.0. The van der Waals surface area contributed by atoms with E-state index in [0.29, 0.717) is 18.7 Å². The van der Waals surface area contributed by atoms with Crippen LogP contribution in [0.3, 0.4) is 0 Å². The number of primary amides is 1. The molecule has 1 aromatic heterocycles. The monoisotopic (exact) mass is 430 g/mol. The van der Waals surface area contributed by atoms with Crippen molar-refractivity contribution in [3.8, 4) is 5.75 Å². The van der Waals surface area contributed by atoms with Crippen molar-refractivity contribution >= 4 is 26.9 Å². The van der Waals surface area contributed by atoms with E-state index in [-0.39, 0.29) is 12.8 Å². The second kappa shape index (κ2) is 8.89. The molecule has 8 heteroatoms. The van der Waals surface area contributed by atoms with Crippen molar-refractivity contribution in [3.05, 3.63) is 65.4 Å². The molecule has 1 amide bonds. The van der Waals surface area contributed by atoms with E-state index in [1.165, 1.54) is 0 Å². The van der Waals surface area contributed by atoms with Crippen LogP contribution < -0.4 is 10.5 Å². The van der Waals surface area contributed by atoms with E-state index in [9.17, 15) is 17.8 Å². The summed E-state index contributed by atoms with van der Waals surface area (Å²) in [6.45, 7) is 4.26. The number of nitrogens with zero attached hydrogens (tertiary/aromatic N) is 1. The number of aromatic nitrogens is 1. The highest BCUT2D eigenvalue weighted by Gasteiger charge is 2.24. The quantitative estimate of drug-likeness (QED) is 0.506. The third kappa shape index (κ3) is 4.66. The van der Waals surface area contributed by atoms with Gasteiger partial charge in [0.2, 0.25) is 11.3 Å². The first-order valence-corrected chi connectivity index (χ1v) is 11.3. The fourth-order valence-electron chi connectivity index (χ4n) is 3.76. The second-order valence-corrected chi connectivity index (χ2v) is 8.70. The van der Waals surface area contributed by atoms with Crippen LogP contribution in [0.5, 0.6) is 5.75 Å². The number of carbonyl (C=O) groups is 1. The molecule has 0 radical (unpaired) electrons. The number of ether oxygens (including phenoxy) is 1. The highest BCUT2D eigenvalue weighted by Crippen LogP contribution is 2.32. The Morgan fingerprint density at radius 3 is 2.43 bits per heavy atom. The number of fused-ring (bicyclic) bond motifs is 1. The lowest BCUT2D eigenvalue weighted by atomic mass is 10.1. The van der Waals surface area contributed by atoms with Gasteiger partial charge in [0.25, 0.3) is 0 Å². The minimum absolute atomic E-state index is 0.0699. The minimum Gasteiger partial charge on any atom is -0.472 e. The van der Waals surface area contributed by atoms with Crippen LogP contribution >= 0.6 is 0 Å². The number of hydrogen-bond acceptors (Lipinski definition) is 4. The smallest absolute Gasteiger partial charge is 0.303 e. The Balaban J connectivity index is 2.14. The Labute approximate surface area is 176 Å². The zero-order valence-corrected chi connectivity index (χ0v) is 17.9. The summed E-state index contributed by atoms with van der Waals surface area (Å²) < 4.78 is 40.1. The normalized spacial score (nSPS) is 12.8. The number of carbonyl (C=O) groups excluding carboxylic acids is 1. The van der Waals surface area contributed by atoms with Gasteiger partial charge in [-0.15, -0.1) is 0 Å². The minimum atomic E-state index is -4.35. The third-order valence-electron chi connectivity index (χ3n) is 5.06. The SMILES string of the molecule is CCc1c(CC(N)=O)c2cc(OC(CC)S(=O)(=O)O)ccc2n1Cc1ccccc1. The summed E-state index contributed by atoms with van der Waals surface area (Å²) in [5.41, 5.74) is 7.97. The van der Waals surface area contributed by atoms with Crippen molar-refractivity contribution in [1.82, 2.24) is 4.57 Å². The number of amides is 1. The molecule has 1 heterocycles. The number of benzene rings is 2. The zero-order chi connectivity index (χ0) is 21.9. The molecule has 0 saturated heterocycles.